The summed E-state index contributed by atoms with van der Waals surface area (Å²) in [5.41, 5.74) is 0. The molecule has 0 N–H and O–H groups in total. The molecule has 2 heteroatoms. The van der Waals surface area contributed by atoms with Crippen molar-refractivity contribution in [1.29, 1.82) is 0 Å². The molecule has 0 saturated carbocycles. The third-order valence-corrected chi connectivity index (χ3v) is 2.68. The largest absolute Gasteiger partial charge is 1.00 e. The van der Waals surface area contributed by atoms with E-state index >= 15 is 0 Å². The molecule has 0 heterocycles. The number of nitrogens with zero attached hydrogens (tertiary/aromatic N) is 1. The molecular weight excluding hydrogens is 250 g/mol. The van der Waals surface area contributed by atoms with Crippen molar-refractivity contribution >= 4 is 0 Å². The van der Waals surface area contributed by atoms with Crippen molar-refractivity contribution in [3.8, 4) is 0 Å². The van der Waals surface area contributed by atoms with Crippen molar-refractivity contribution < 1.29 is 21.5 Å². The van der Waals surface area contributed by atoms with Crippen LogP contribution in [-0.2, 0) is 0 Å². The Morgan fingerprint density at radius 1 is 0.667 bits per heavy atom. The zero-order valence-corrected chi connectivity index (χ0v) is 12.8. The Hall–Kier alpha value is 0.440. The summed E-state index contributed by atoms with van der Waals surface area (Å²) in [4.78, 5) is 0. The molecule has 0 aliphatic rings. The molecule has 0 aliphatic heterocycles. The Morgan fingerprint density at radius 3 is 1.47 bits per heavy atom. The Labute approximate surface area is 108 Å². The van der Waals surface area contributed by atoms with Crippen LogP contribution in [0.2, 0.25) is 0 Å². The van der Waals surface area contributed by atoms with E-state index in [0.717, 1.165) is 4.48 Å². The third kappa shape index (κ3) is 17.1. The van der Waals surface area contributed by atoms with Gasteiger partial charge in [0.1, 0.15) is 0 Å². The van der Waals surface area contributed by atoms with Crippen LogP contribution >= 0.6 is 0 Å². The molecule has 0 aromatic heterocycles. The van der Waals surface area contributed by atoms with Crippen LogP contribution in [0.25, 0.3) is 0 Å². The van der Waals surface area contributed by atoms with E-state index in [0.29, 0.717) is 0 Å². The molecule has 0 atom stereocenters. The number of rotatable bonds is 9. The number of hydrogen-bond donors (Lipinski definition) is 0. The van der Waals surface area contributed by atoms with Crippen LogP contribution in [0.1, 0.15) is 58.3 Å². The number of unbranched alkanes of at least 4 members (excludes halogenated alkanes) is 7. The summed E-state index contributed by atoms with van der Waals surface area (Å²) in [6, 6.07) is 0. The smallest absolute Gasteiger partial charge is 0.0780 e. The molecule has 0 aromatic carbocycles. The van der Waals surface area contributed by atoms with Crippen LogP contribution < -0.4 is 17.0 Å². The van der Waals surface area contributed by atoms with Crippen LogP contribution in [0.15, 0.2) is 0 Å². The molecule has 0 unspecified atom stereocenters. The highest BCUT2D eigenvalue weighted by Crippen LogP contribution is 2.09. The molecule has 0 amide bonds. The lowest BCUT2D eigenvalue weighted by atomic mass is 10.1. The van der Waals surface area contributed by atoms with Gasteiger partial charge in [0, 0.05) is 0 Å². The molecule has 0 spiro atoms. The minimum absolute atomic E-state index is 0. The monoisotopic (exact) mass is 279 g/mol. The van der Waals surface area contributed by atoms with Crippen molar-refractivity contribution in [1.82, 2.24) is 0 Å². The van der Waals surface area contributed by atoms with Gasteiger partial charge in [-0.15, -0.1) is 0 Å². The van der Waals surface area contributed by atoms with Gasteiger partial charge in [0.15, 0.2) is 0 Å². The van der Waals surface area contributed by atoms with E-state index in [1.807, 2.05) is 0 Å². The molecule has 94 valence electrons. The number of quaternary nitrogens is 1. The Bertz CT molecular complexity index is 118. The average molecular weight is 280 g/mol. The molecule has 0 saturated heterocycles. The molecule has 0 fully saturated rings. The molecule has 0 aromatic rings. The quantitative estimate of drug-likeness (QED) is 0.434. The van der Waals surface area contributed by atoms with Crippen molar-refractivity contribution in [3.05, 3.63) is 0 Å². The van der Waals surface area contributed by atoms with E-state index < -0.39 is 0 Å². The highest BCUT2D eigenvalue weighted by atomic mass is 79.9. The molecule has 0 rings (SSSR count). The van der Waals surface area contributed by atoms with Gasteiger partial charge in [-0.1, -0.05) is 45.4 Å². The minimum atomic E-state index is 0. The predicted molar refractivity (Wildman–Crippen MR) is 65.5 cm³/mol. The van der Waals surface area contributed by atoms with Crippen LogP contribution in [0.5, 0.6) is 0 Å². The van der Waals surface area contributed by atoms with Gasteiger partial charge >= 0.3 is 0 Å². The predicted octanol–water partition coefficient (Wildman–Crippen LogP) is 0.837. The van der Waals surface area contributed by atoms with E-state index in [1.54, 1.807) is 0 Å². The molecule has 15 heavy (non-hydrogen) atoms. The fraction of sp³-hybridized carbons (Fsp3) is 1.00. The third-order valence-electron chi connectivity index (χ3n) is 2.68. The van der Waals surface area contributed by atoms with Crippen molar-refractivity contribution in [2.75, 3.05) is 27.7 Å². The van der Waals surface area contributed by atoms with Gasteiger partial charge in [0.25, 0.3) is 0 Å². The van der Waals surface area contributed by atoms with Crippen LogP contribution in [0.3, 0.4) is 0 Å². The van der Waals surface area contributed by atoms with Gasteiger partial charge in [-0.05, 0) is 12.8 Å². The van der Waals surface area contributed by atoms with Gasteiger partial charge in [-0.3, -0.25) is 0 Å². The highest BCUT2D eigenvalue weighted by molar-refractivity contribution is 4.45. The van der Waals surface area contributed by atoms with Crippen molar-refractivity contribution in [2.45, 2.75) is 58.3 Å². The molecule has 0 bridgehead atoms. The fourth-order valence-electron chi connectivity index (χ4n) is 1.72. The zero-order valence-electron chi connectivity index (χ0n) is 11.2. The maximum Gasteiger partial charge on any atom is 0.0780 e. The summed E-state index contributed by atoms with van der Waals surface area (Å²) >= 11 is 0. The normalized spacial score (nSPS) is 11.2. The lowest BCUT2D eigenvalue weighted by Crippen LogP contribution is -3.00. The second-order valence-electron chi connectivity index (χ2n) is 5.49. The lowest BCUT2D eigenvalue weighted by molar-refractivity contribution is -0.870. The highest BCUT2D eigenvalue weighted by Gasteiger charge is 2.04. The van der Waals surface area contributed by atoms with Crippen molar-refractivity contribution in [3.63, 3.8) is 0 Å². The first-order chi connectivity index (χ1) is 6.56. The SMILES string of the molecule is CCCCCCCCCC[N+](C)(C)C.[Br-]. The Morgan fingerprint density at radius 2 is 1.07 bits per heavy atom. The van der Waals surface area contributed by atoms with Crippen molar-refractivity contribution in [2.24, 2.45) is 0 Å². The number of halogens is 1. The van der Waals surface area contributed by atoms with Crippen LogP contribution in [-0.4, -0.2) is 32.2 Å². The van der Waals surface area contributed by atoms with E-state index in [4.69, 9.17) is 0 Å². The van der Waals surface area contributed by atoms with E-state index in [2.05, 4.69) is 28.1 Å². The Kier molecular flexibility index (Phi) is 13.0. The lowest BCUT2D eigenvalue weighted by Gasteiger charge is -2.23. The molecule has 1 nitrogen and oxygen atoms in total. The summed E-state index contributed by atoms with van der Waals surface area (Å²) in [6.45, 7) is 3.61. The standard InChI is InChI=1S/C13H30N.BrH/c1-5-6-7-8-9-10-11-12-13-14(2,3)4;/h5-13H2,1-4H3;1H/q+1;/p-1. The van der Waals surface area contributed by atoms with E-state index in [-0.39, 0.29) is 17.0 Å². The first-order valence-electron chi connectivity index (χ1n) is 6.36. The zero-order chi connectivity index (χ0) is 10.9. The minimum Gasteiger partial charge on any atom is -1.00 e. The summed E-state index contributed by atoms with van der Waals surface area (Å²) in [6.07, 6.45) is 11.4. The van der Waals surface area contributed by atoms with Gasteiger partial charge in [-0.25, -0.2) is 0 Å². The average Bonchev–Trinajstić information content (AvgIpc) is 2.08. The van der Waals surface area contributed by atoms with Gasteiger partial charge in [-0.2, -0.15) is 0 Å². The Balaban J connectivity index is 0. The first kappa shape index (κ1) is 17.8. The van der Waals surface area contributed by atoms with Crippen LogP contribution in [0.4, 0.5) is 0 Å². The summed E-state index contributed by atoms with van der Waals surface area (Å²) in [7, 11) is 6.84. The topological polar surface area (TPSA) is 0 Å². The molecular formula is C13H30BrN. The maximum absolute atomic E-state index is 2.28. The molecule has 0 radical (unpaired) electrons. The second kappa shape index (κ2) is 10.9. The summed E-state index contributed by atoms with van der Waals surface area (Å²) in [5.74, 6) is 0. The summed E-state index contributed by atoms with van der Waals surface area (Å²) in [5, 5.41) is 0. The maximum atomic E-state index is 2.28. The fourth-order valence-corrected chi connectivity index (χ4v) is 1.72. The summed E-state index contributed by atoms with van der Waals surface area (Å²) < 4.78 is 1.12. The second-order valence-corrected chi connectivity index (χ2v) is 5.49. The van der Waals surface area contributed by atoms with Gasteiger partial charge in [0.05, 0.1) is 27.7 Å². The molecule has 0 aliphatic carbocycles. The van der Waals surface area contributed by atoms with Gasteiger partial charge in [0.2, 0.25) is 0 Å². The van der Waals surface area contributed by atoms with Crippen LogP contribution in [0, 0.1) is 0 Å². The van der Waals surface area contributed by atoms with E-state index in [9.17, 15) is 0 Å². The van der Waals surface area contributed by atoms with Gasteiger partial charge < -0.3 is 21.5 Å². The number of hydrogen-bond acceptors (Lipinski definition) is 0. The van der Waals surface area contributed by atoms with E-state index in [1.165, 1.54) is 57.9 Å². The first-order valence-corrected chi connectivity index (χ1v) is 6.36.